The van der Waals surface area contributed by atoms with E-state index in [4.69, 9.17) is 9.97 Å². The average molecular weight is 344 g/mol. The fourth-order valence-corrected chi connectivity index (χ4v) is 3.40. The Hall–Kier alpha value is -2.88. The van der Waals surface area contributed by atoms with Crippen molar-refractivity contribution in [3.8, 4) is 11.3 Å². The van der Waals surface area contributed by atoms with E-state index in [1.807, 2.05) is 24.3 Å². The normalized spacial score (nSPS) is 13.8. The summed E-state index contributed by atoms with van der Waals surface area (Å²) in [4.78, 5) is 11.9. The van der Waals surface area contributed by atoms with Gasteiger partial charge in [0.05, 0.1) is 5.69 Å². The molecule has 26 heavy (non-hydrogen) atoms. The molecule has 4 heteroatoms. The number of para-hydroxylation sites is 1. The standard InChI is InChI=1S/C22H24N4/c1-2-17-10-6-7-13-19(17)23-21-16-20(18-11-4-3-5-12-18)24-22(25-21)26-14-8-9-15-26/h3-7,10-13,16H,2,8-9,14-15H2,1H3,(H,23,24,25). The summed E-state index contributed by atoms with van der Waals surface area (Å²) in [5, 5.41) is 3.52. The van der Waals surface area contributed by atoms with Crippen molar-refractivity contribution in [2.45, 2.75) is 26.2 Å². The molecule has 0 saturated carbocycles. The number of rotatable bonds is 5. The van der Waals surface area contributed by atoms with Crippen LogP contribution in [0.3, 0.4) is 0 Å². The molecular formula is C22H24N4. The summed E-state index contributed by atoms with van der Waals surface area (Å²) < 4.78 is 0. The van der Waals surface area contributed by atoms with Crippen molar-refractivity contribution < 1.29 is 0 Å². The Morgan fingerprint density at radius 3 is 2.42 bits per heavy atom. The van der Waals surface area contributed by atoms with Crippen molar-refractivity contribution in [3.63, 3.8) is 0 Å². The summed E-state index contributed by atoms with van der Waals surface area (Å²) in [5.41, 5.74) is 4.47. The van der Waals surface area contributed by atoms with E-state index in [0.717, 1.165) is 48.2 Å². The number of anilines is 3. The highest BCUT2D eigenvalue weighted by Gasteiger charge is 2.17. The fraction of sp³-hybridized carbons (Fsp3) is 0.273. The van der Waals surface area contributed by atoms with E-state index in [1.54, 1.807) is 0 Å². The van der Waals surface area contributed by atoms with E-state index in [9.17, 15) is 0 Å². The number of aryl methyl sites for hydroxylation is 1. The van der Waals surface area contributed by atoms with Crippen LogP contribution in [0, 0.1) is 0 Å². The van der Waals surface area contributed by atoms with E-state index in [2.05, 4.69) is 53.5 Å². The van der Waals surface area contributed by atoms with Gasteiger partial charge in [0.2, 0.25) is 5.95 Å². The van der Waals surface area contributed by atoms with Crippen LogP contribution in [-0.4, -0.2) is 23.1 Å². The lowest BCUT2D eigenvalue weighted by Gasteiger charge is -2.18. The minimum absolute atomic E-state index is 0.820. The van der Waals surface area contributed by atoms with Gasteiger partial charge < -0.3 is 10.2 Å². The van der Waals surface area contributed by atoms with Gasteiger partial charge in [-0.3, -0.25) is 0 Å². The van der Waals surface area contributed by atoms with Crippen molar-refractivity contribution in [2.24, 2.45) is 0 Å². The van der Waals surface area contributed by atoms with Crippen molar-refractivity contribution in [1.82, 2.24) is 9.97 Å². The Labute approximate surface area is 154 Å². The minimum Gasteiger partial charge on any atom is -0.341 e. The first-order chi connectivity index (χ1) is 12.8. The zero-order chi connectivity index (χ0) is 17.8. The third kappa shape index (κ3) is 3.54. The van der Waals surface area contributed by atoms with Gasteiger partial charge in [0, 0.05) is 30.4 Å². The molecule has 1 fully saturated rings. The molecule has 0 amide bonds. The zero-order valence-electron chi connectivity index (χ0n) is 15.2. The highest BCUT2D eigenvalue weighted by atomic mass is 15.3. The summed E-state index contributed by atoms with van der Waals surface area (Å²) in [5.74, 6) is 1.67. The lowest BCUT2D eigenvalue weighted by Crippen LogP contribution is -2.21. The molecule has 1 N–H and O–H groups in total. The van der Waals surface area contributed by atoms with Crippen LogP contribution in [0.15, 0.2) is 60.7 Å². The predicted octanol–water partition coefficient (Wildman–Crippen LogP) is 5.05. The van der Waals surface area contributed by atoms with Crippen molar-refractivity contribution in [1.29, 1.82) is 0 Å². The predicted molar refractivity (Wildman–Crippen MR) is 108 cm³/mol. The Balaban J connectivity index is 1.74. The van der Waals surface area contributed by atoms with Crippen LogP contribution in [0.5, 0.6) is 0 Å². The Kier molecular flexibility index (Phi) is 4.82. The minimum atomic E-state index is 0.820. The lowest BCUT2D eigenvalue weighted by atomic mass is 10.1. The van der Waals surface area contributed by atoms with Crippen LogP contribution in [0.1, 0.15) is 25.3 Å². The molecule has 0 unspecified atom stereocenters. The van der Waals surface area contributed by atoms with Gasteiger partial charge in [-0.2, -0.15) is 4.98 Å². The molecule has 1 aliphatic heterocycles. The van der Waals surface area contributed by atoms with Crippen LogP contribution in [0.25, 0.3) is 11.3 Å². The Bertz CT molecular complexity index is 870. The van der Waals surface area contributed by atoms with Crippen LogP contribution < -0.4 is 10.2 Å². The van der Waals surface area contributed by atoms with E-state index >= 15 is 0 Å². The molecular weight excluding hydrogens is 320 g/mol. The number of benzene rings is 2. The van der Waals surface area contributed by atoms with Crippen LogP contribution >= 0.6 is 0 Å². The van der Waals surface area contributed by atoms with Gasteiger partial charge in [-0.05, 0) is 30.9 Å². The molecule has 4 nitrogen and oxygen atoms in total. The van der Waals surface area contributed by atoms with Crippen molar-refractivity contribution in [3.05, 3.63) is 66.2 Å². The molecule has 3 aromatic rings. The Morgan fingerprint density at radius 1 is 0.923 bits per heavy atom. The van der Waals surface area contributed by atoms with Gasteiger partial charge in [0.1, 0.15) is 5.82 Å². The average Bonchev–Trinajstić information content (AvgIpc) is 3.24. The molecule has 1 aliphatic rings. The molecule has 132 valence electrons. The van der Waals surface area contributed by atoms with Crippen LogP contribution in [0.2, 0.25) is 0 Å². The van der Waals surface area contributed by atoms with E-state index < -0.39 is 0 Å². The maximum Gasteiger partial charge on any atom is 0.227 e. The van der Waals surface area contributed by atoms with Gasteiger partial charge in [0.15, 0.2) is 0 Å². The molecule has 0 aliphatic carbocycles. The number of nitrogens with zero attached hydrogens (tertiary/aromatic N) is 3. The van der Waals surface area contributed by atoms with E-state index in [-0.39, 0.29) is 0 Å². The monoisotopic (exact) mass is 344 g/mol. The molecule has 0 atom stereocenters. The number of hydrogen-bond acceptors (Lipinski definition) is 4. The number of hydrogen-bond donors (Lipinski definition) is 1. The third-order valence-corrected chi connectivity index (χ3v) is 4.83. The molecule has 2 heterocycles. The van der Waals surface area contributed by atoms with Gasteiger partial charge in [0.25, 0.3) is 0 Å². The van der Waals surface area contributed by atoms with Gasteiger partial charge >= 0.3 is 0 Å². The summed E-state index contributed by atoms with van der Waals surface area (Å²) >= 11 is 0. The van der Waals surface area contributed by atoms with Crippen LogP contribution in [0.4, 0.5) is 17.5 Å². The van der Waals surface area contributed by atoms with Crippen molar-refractivity contribution >= 4 is 17.5 Å². The van der Waals surface area contributed by atoms with Gasteiger partial charge in [-0.25, -0.2) is 4.98 Å². The van der Waals surface area contributed by atoms with Crippen molar-refractivity contribution in [2.75, 3.05) is 23.3 Å². The quantitative estimate of drug-likeness (QED) is 0.703. The summed E-state index contributed by atoms with van der Waals surface area (Å²) in [6.45, 7) is 4.23. The largest absolute Gasteiger partial charge is 0.341 e. The Morgan fingerprint density at radius 2 is 1.65 bits per heavy atom. The van der Waals surface area contributed by atoms with E-state index in [0.29, 0.717) is 0 Å². The first-order valence-electron chi connectivity index (χ1n) is 9.38. The van der Waals surface area contributed by atoms with Crippen LogP contribution in [-0.2, 0) is 6.42 Å². The lowest BCUT2D eigenvalue weighted by molar-refractivity contribution is 0.901. The highest BCUT2D eigenvalue weighted by Crippen LogP contribution is 2.27. The van der Waals surface area contributed by atoms with Gasteiger partial charge in [-0.15, -0.1) is 0 Å². The topological polar surface area (TPSA) is 41.1 Å². The molecule has 2 aromatic carbocycles. The molecule has 0 spiro atoms. The molecule has 4 rings (SSSR count). The van der Waals surface area contributed by atoms with Gasteiger partial charge in [-0.1, -0.05) is 55.5 Å². The molecule has 1 saturated heterocycles. The maximum absolute atomic E-state index is 4.84. The first-order valence-corrected chi connectivity index (χ1v) is 9.38. The second-order valence-electron chi connectivity index (χ2n) is 6.63. The van der Waals surface area contributed by atoms with E-state index in [1.165, 1.54) is 18.4 Å². The fourth-order valence-electron chi connectivity index (χ4n) is 3.40. The smallest absolute Gasteiger partial charge is 0.227 e. The zero-order valence-corrected chi connectivity index (χ0v) is 15.2. The molecule has 0 bridgehead atoms. The first kappa shape index (κ1) is 16.6. The summed E-state index contributed by atoms with van der Waals surface area (Å²) in [6.07, 6.45) is 3.40. The number of nitrogens with one attached hydrogen (secondary N) is 1. The highest BCUT2D eigenvalue weighted by molar-refractivity contribution is 5.68. The third-order valence-electron chi connectivity index (χ3n) is 4.83. The second kappa shape index (κ2) is 7.56. The maximum atomic E-state index is 4.84. The second-order valence-corrected chi connectivity index (χ2v) is 6.63. The molecule has 0 radical (unpaired) electrons. The summed E-state index contributed by atoms with van der Waals surface area (Å²) in [7, 11) is 0. The summed E-state index contributed by atoms with van der Waals surface area (Å²) in [6, 6.07) is 20.8. The number of aromatic nitrogens is 2. The SMILES string of the molecule is CCc1ccccc1Nc1cc(-c2ccccc2)nc(N2CCCC2)n1. The molecule has 1 aromatic heterocycles.